The highest BCUT2D eigenvalue weighted by atomic mass is 32.1. The van der Waals surface area contributed by atoms with Gasteiger partial charge in [0.2, 0.25) is 0 Å². The number of carbonyl (C=O) groups is 1. The van der Waals surface area contributed by atoms with Crippen LogP contribution in [0, 0.1) is 6.92 Å². The van der Waals surface area contributed by atoms with E-state index in [1.54, 1.807) is 12.1 Å². The van der Waals surface area contributed by atoms with Crippen molar-refractivity contribution in [1.29, 1.82) is 0 Å². The van der Waals surface area contributed by atoms with Gasteiger partial charge < -0.3 is 9.47 Å². The predicted molar refractivity (Wildman–Crippen MR) is 57.2 cm³/mol. The minimum atomic E-state index is -0.391. The largest absolute Gasteiger partial charge is 0.493 e. The normalized spacial score (nSPS) is 9.64. The van der Waals surface area contributed by atoms with Crippen LogP contribution >= 0.6 is 12.6 Å². The van der Waals surface area contributed by atoms with Gasteiger partial charge in [-0.2, -0.15) is 12.6 Å². The molecule has 0 saturated heterocycles. The summed E-state index contributed by atoms with van der Waals surface area (Å²) < 4.78 is 10.1. The standard InChI is InChI=1S/C10H12O3S/c1-7-3-4-8(12-2)9(5-7)13-10(11)6-14/h3-5,14H,6H2,1-2H3. The van der Waals surface area contributed by atoms with Crippen molar-refractivity contribution in [2.24, 2.45) is 0 Å². The number of aryl methyl sites for hydroxylation is 1. The minimum absolute atomic E-state index is 0.0527. The fourth-order valence-electron chi connectivity index (χ4n) is 1.02. The third-order valence-corrected chi connectivity index (χ3v) is 1.93. The number of rotatable bonds is 3. The van der Waals surface area contributed by atoms with Gasteiger partial charge in [-0.15, -0.1) is 0 Å². The van der Waals surface area contributed by atoms with Gasteiger partial charge in [0.05, 0.1) is 12.9 Å². The van der Waals surface area contributed by atoms with Crippen molar-refractivity contribution >= 4 is 18.6 Å². The van der Waals surface area contributed by atoms with Crippen LogP contribution in [0.25, 0.3) is 0 Å². The monoisotopic (exact) mass is 212 g/mol. The van der Waals surface area contributed by atoms with Crippen LogP contribution in [0.4, 0.5) is 0 Å². The van der Waals surface area contributed by atoms with Gasteiger partial charge in [0.1, 0.15) is 0 Å². The molecule has 0 N–H and O–H groups in total. The maximum Gasteiger partial charge on any atom is 0.321 e. The molecule has 0 spiro atoms. The van der Waals surface area contributed by atoms with E-state index in [9.17, 15) is 4.79 Å². The summed E-state index contributed by atoms with van der Waals surface area (Å²) in [5, 5.41) is 0. The summed E-state index contributed by atoms with van der Waals surface area (Å²) in [7, 11) is 1.53. The molecule has 0 aromatic heterocycles. The minimum Gasteiger partial charge on any atom is -0.493 e. The number of esters is 1. The highest BCUT2D eigenvalue weighted by Gasteiger charge is 2.08. The third kappa shape index (κ3) is 2.67. The maximum absolute atomic E-state index is 11.0. The van der Waals surface area contributed by atoms with Crippen LogP contribution in [0.1, 0.15) is 5.56 Å². The van der Waals surface area contributed by atoms with Crippen molar-refractivity contribution in [2.75, 3.05) is 12.9 Å². The Hall–Kier alpha value is -1.16. The molecular weight excluding hydrogens is 200 g/mol. The van der Waals surface area contributed by atoms with Crippen molar-refractivity contribution < 1.29 is 14.3 Å². The number of hydrogen-bond donors (Lipinski definition) is 1. The molecule has 0 unspecified atom stereocenters. The molecule has 0 radical (unpaired) electrons. The summed E-state index contributed by atoms with van der Waals surface area (Å²) in [5.74, 6) is 0.645. The SMILES string of the molecule is COc1ccc(C)cc1OC(=O)CS. The van der Waals surface area contributed by atoms with E-state index in [4.69, 9.17) is 9.47 Å². The lowest BCUT2D eigenvalue weighted by Crippen LogP contribution is -2.09. The van der Waals surface area contributed by atoms with Crippen molar-refractivity contribution in [3.05, 3.63) is 23.8 Å². The molecule has 0 atom stereocenters. The molecule has 1 aromatic rings. The zero-order valence-corrected chi connectivity index (χ0v) is 9.01. The van der Waals surface area contributed by atoms with Crippen molar-refractivity contribution in [2.45, 2.75) is 6.92 Å². The van der Waals surface area contributed by atoms with Gasteiger partial charge in [0.15, 0.2) is 11.5 Å². The topological polar surface area (TPSA) is 35.5 Å². The number of thiol groups is 1. The Balaban J connectivity index is 2.93. The molecule has 4 heteroatoms. The molecule has 0 aliphatic rings. The van der Waals surface area contributed by atoms with Gasteiger partial charge in [0.25, 0.3) is 0 Å². The molecule has 1 aromatic carbocycles. The number of hydrogen-bond acceptors (Lipinski definition) is 4. The second-order valence-corrected chi connectivity index (χ2v) is 3.10. The molecular formula is C10H12O3S. The first-order valence-corrected chi connectivity index (χ1v) is 4.77. The van der Waals surface area contributed by atoms with Crippen molar-refractivity contribution in [3.8, 4) is 11.5 Å². The van der Waals surface area contributed by atoms with Crippen LogP contribution in [-0.2, 0) is 4.79 Å². The Morgan fingerprint density at radius 3 is 2.71 bits per heavy atom. The summed E-state index contributed by atoms with van der Waals surface area (Å²) in [5.41, 5.74) is 1.01. The summed E-state index contributed by atoms with van der Waals surface area (Å²) in [6, 6.07) is 5.40. The van der Waals surface area contributed by atoms with Crippen LogP contribution in [0.15, 0.2) is 18.2 Å². The van der Waals surface area contributed by atoms with Gasteiger partial charge in [-0.25, -0.2) is 0 Å². The van der Waals surface area contributed by atoms with Crippen LogP contribution in [0.5, 0.6) is 11.5 Å². The Bertz CT molecular complexity index is 336. The molecule has 0 heterocycles. The first kappa shape index (κ1) is 10.9. The molecule has 3 nitrogen and oxygen atoms in total. The zero-order valence-electron chi connectivity index (χ0n) is 8.11. The lowest BCUT2D eigenvalue weighted by Gasteiger charge is -2.08. The van der Waals surface area contributed by atoms with E-state index in [1.807, 2.05) is 13.0 Å². The zero-order chi connectivity index (χ0) is 10.6. The van der Waals surface area contributed by atoms with E-state index >= 15 is 0 Å². The Morgan fingerprint density at radius 2 is 2.14 bits per heavy atom. The predicted octanol–water partition coefficient (Wildman–Crippen LogP) is 1.84. The number of methoxy groups -OCH3 is 1. The smallest absolute Gasteiger partial charge is 0.321 e. The van der Waals surface area contributed by atoms with Gasteiger partial charge in [-0.1, -0.05) is 6.07 Å². The molecule has 1 rings (SSSR count). The van der Waals surface area contributed by atoms with E-state index in [1.165, 1.54) is 7.11 Å². The third-order valence-electron chi connectivity index (χ3n) is 1.67. The number of benzene rings is 1. The molecule has 0 aliphatic heterocycles. The molecule has 0 saturated carbocycles. The van der Waals surface area contributed by atoms with E-state index < -0.39 is 5.97 Å². The lowest BCUT2D eigenvalue weighted by molar-refractivity contribution is -0.131. The van der Waals surface area contributed by atoms with Crippen molar-refractivity contribution in [1.82, 2.24) is 0 Å². The van der Waals surface area contributed by atoms with Gasteiger partial charge >= 0.3 is 5.97 Å². The molecule has 0 bridgehead atoms. The van der Waals surface area contributed by atoms with E-state index in [2.05, 4.69) is 12.6 Å². The second-order valence-electron chi connectivity index (χ2n) is 2.79. The fraction of sp³-hybridized carbons (Fsp3) is 0.300. The van der Waals surface area contributed by atoms with Crippen LogP contribution in [0.2, 0.25) is 0 Å². The average molecular weight is 212 g/mol. The Morgan fingerprint density at radius 1 is 1.43 bits per heavy atom. The Labute approximate surface area is 88.4 Å². The molecule has 0 amide bonds. The van der Waals surface area contributed by atoms with Crippen LogP contribution in [-0.4, -0.2) is 18.8 Å². The molecule has 0 aliphatic carbocycles. The van der Waals surface area contributed by atoms with E-state index in [-0.39, 0.29) is 5.75 Å². The average Bonchev–Trinajstić information content (AvgIpc) is 2.18. The highest BCUT2D eigenvalue weighted by molar-refractivity contribution is 7.81. The molecule has 14 heavy (non-hydrogen) atoms. The van der Waals surface area contributed by atoms with Crippen LogP contribution in [0.3, 0.4) is 0 Å². The summed E-state index contributed by atoms with van der Waals surface area (Å²) in [6.07, 6.45) is 0. The quantitative estimate of drug-likeness (QED) is 0.472. The summed E-state index contributed by atoms with van der Waals surface area (Å²) >= 11 is 3.82. The van der Waals surface area contributed by atoms with Gasteiger partial charge in [-0.05, 0) is 24.6 Å². The molecule has 0 fully saturated rings. The summed E-state index contributed by atoms with van der Waals surface area (Å²) in [6.45, 7) is 1.91. The first-order chi connectivity index (χ1) is 6.67. The maximum atomic E-state index is 11.0. The first-order valence-electron chi connectivity index (χ1n) is 4.13. The second kappa shape index (κ2) is 4.91. The lowest BCUT2D eigenvalue weighted by atomic mass is 10.2. The van der Waals surface area contributed by atoms with Crippen molar-refractivity contribution in [3.63, 3.8) is 0 Å². The fourth-order valence-corrected chi connectivity index (χ4v) is 1.08. The number of ether oxygens (including phenoxy) is 2. The van der Waals surface area contributed by atoms with E-state index in [0.717, 1.165) is 5.56 Å². The van der Waals surface area contributed by atoms with Gasteiger partial charge in [0, 0.05) is 0 Å². The summed E-state index contributed by atoms with van der Waals surface area (Å²) in [4.78, 5) is 11.0. The van der Waals surface area contributed by atoms with Gasteiger partial charge in [-0.3, -0.25) is 4.79 Å². The van der Waals surface area contributed by atoms with Crippen LogP contribution < -0.4 is 9.47 Å². The molecule has 76 valence electrons. The van der Waals surface area contributed by atoms with E-state index in [0.29, 0.717) is 11.5 Å². The highest BCUT2D eigenvalue weighted by Crippen LogP contribution is 2.27. The Kier molecular flexibility index (Phi) is 3.83. The number of carbonyl (C=O) groups excluding carboxylic acids is 1.